The number of Topliss-reactive ketones (excluding diaryl/α,β-unsaturated/α-hetero) is 2. The molecule has 0 bridgehead atoms. The summed E-state index contributed by atoms with van der Waals surface area (Å²) in [5, 5.41) is 45.3. The topological polar surface area (TPSA) is 348 Å². The van der Waals surface area contributed by atoms with Gasteiger partial charge in [0.05, 0.1) is 108 Å². The second-order valence-electron chi connectivity index (χ2n) is 39.8. The molecule has 680 valence electrons. The zero-order chi connectivity index (χ0) is 89.1. The molecule has 30 heteroatoms. The van der Waals surface area contributed by atoms with Crippen LogP contribution in [0.15, 0.2) is 73.1 Å². The highest BCUT2D eigenvalue weighted by atomic mass is 35.5. The number of amides is 2. The standard InChI is InChI=1S/C47H64N6O9.C26H39NO7.C22H27ClN4O2/c1-7-31-25-47(31,45(57)58)26-39(54)38-22-34(27-52(38)44(56)36(46(4,5)6)23-43(55)62-33-19-29-18-30(29)20-33)61-40-24-42(53-11-10-41(50-53)48-28(2)3)49-37-21-32(8-9-35(37)40)60-17-14-51-12-15-59-16-13-51;1-5-16-11-26(16,24(32)33)12-21(29)20-9-17(28)13-27(20)23(31)19(25(2,3)4)10-22(30)34-18-7-14-6-15(14)8-18;1-16(2)13-17-5-6-27(25-17)22-15-20(23)19-4-3-18(14-21(19)24-22)29-12-9-26-7-10-28-11-8-26/h8-11,21,24,28-31,33-34,36,38H,7,12-20,22-23,25-27H2,1-6H3,(H,48,50)(H,57,58);14-20,28H,5-13H2,1-4H3,(H,32,33);3-6,14-16H,7-13H2,1-2H3/t29-,30+,31-,33?,34?,36-,38+,47-;14-,15+,16-,17?,18?,19-,20+,26-;/m11./s1. The van der Waals surface area contributed by atoms with Crippen molar-refractivity contribution >= 4 is 86.5 Å². The summed E-state index contributed by atoms with van der Waals surface area (Å²) in [6.07, 6.45) is 11.0. The molecule has 10 fully saturated rings. The average molecular weight is 1750 g/mol. The number of nitrogens with one attached hydrogen (secondary N) is 1. The van der Waals surface area contributed by atoms with Gasteiger partial charge in [0.15, 0.2) is 23.2 Å². The number of aliphatic hydroxyl groups excluding tert-OH is 1. The van der Waals surface area contributed by atoms with Crippen LogP contribution in [0.3, 0.4) is 0 Å². The molecule has 16 atom stereocenters. The van der Waals surface area contributed by atoms with Gasteiger partial charge in [0.25, 0.3) is 0 Å². The first-order chi connectivity index (χ1) is 59.5. The molecule has 4 N–H and O–H groups in total. The number of pyridine rings is 2. The van der Waals surface area contributed by atoms with Crippen LogP contribution in [-0.2, 0) is 63.7 Å². The van der Waals surface area contributed by atoms with Crippen molar-refractivity contribution in [3.05, 3.63) is 83.8 Å². The van der Waals surface area contributed by atoms with Crippen LogP contribution in [0.1, 0.15) is 192 Å². The second-order valence-corrected chi connectivity index (χ2v) is 40.2. The number of carbonyl (C=O) groups is 8. The molecule has 29 nitrogen and oxygen atoms in total. The number of carboxylic acid groups (broad SMARTS) is 2. The van der Waals surface area contributed by atoms with Crippen molar-refractivity contribution in [3.63, 3.8) is 0 Å². The maximum absolute atomic E-state index is 14.9. The lowest BCUT2D eigenvalue weighted by molar-refractivity contribution is -0.157. The fraction of sp³-hybridized carbons (Fsp3) is 0.663. The van der Waals surface area contributed by atoms with Crippen LogP contribution in [0.2, 0.25) is 5.02 Å². The van der Waals surface area contributed by atoms with Gasteiger partial charge < -0.3 is 63.6 Å². The lowest BCUT2D eigenvalue weighted by Gasteiger charge is -2.35. The molecule has 4 aromatic heterocycles. The number of fused-ring (bicyclic) bond motifs is 4. The minimum absolute atomic E-state index is 0.0140. The largest absolute Gasteiger partial charge is 0.492 e. The number of hydrogen-bond donors (Lipinski definition) is 4. The zero-order valence-corrected chi connectivity index (χ0v) is 75.7. The Bertz CT molecular complexity index is 4850. The van der Waals surface area contributed by atoms with Gasteiger partial charge in [-0.1, -0.05) is 93.7 Å². The summed E-state index contributed by atoms with van der Waals surface area (Å²) >= 11 is 6.52. The third kappa shape index (κ3) is 22.6. The summed E-state index contributed by atoms with van der Waals surface area (Å²) in [6, 6.07) is 17.5. The fourth-order valence-electron chi connectivity index (χ4n) is 19.9. The lowest BCUT2D eigenvalue weighted by Crippen LogP contribution is -2.48. The molecule has 2 amide bonds. The number of aliphatic carboxylic acids is 2. The normalized spacial score (nSPS) is 27.3. The van der Waals surface area contributed by atoms with E-state index < -0.39 is 81.7 Å². The van der Waals surface area contributed by atoms with Gasteiger partial charge in [-0.2, -0.15) is 5.10 Å². The number of likely N-dealkylation sites (tertiary alicyclic amines) is 2. The lowest BCUT2D eigenvalue weighted by atomic mass is 9.77. The number of carboxylic acids is 2. The zero-order valence-electron chi connectivity index (χ0n) is 74.9. The number of aliphatic hydroxyl groups is 1. The number of ether oxygens (including phenoxy) is 7. The number of ketones is 2. The predicted octanol–water partition coefficient (Wildman–Crippen LogP) is 12.9. The Labute approximate surface area is 738 Å². The van der Waals surface area contributed by atoms with Crippen molar-refractivity contribution in [2.45, 2.75) is 235 Å². The molecule has 8 heterocycles. The third-order valence-corrected chi connectivity index (χ3v) is 27.9. The smallest absolute Gasteiger partial charge is 0.310 e. The summed E-state index contributed by atoms with van der Waals surface area (Å²) in [4.78, 5) is 124. The van der Waals surface area contributed by atoms with Gasteiger partial charge in [0.2, 0.25) is 11.8 Å². The van der Waals surface area contributed by atoms with Crippen LogP contribution in [0.5, 0.6) is 17.2 Å². The minimum Gasteiger partial charge on any atom is -0.492 e. The van der Waals surface area contributed by atoms with Crippen LogP contribution >= 0.6 is 11.6 Å². The monoisotopic (exact) mass is 1750 g/mol. The molecule has 2 aromatic carbocycles. The Balaban J connectivity index is 0.000000169. The number of hydrogen-bond acceptors (Lipinski definition) is 23. The molecule has 4 unspecified atom stereocenters. The minimum atomic E-state index is -1.14. The molecular weight excluding hydrogens is 1620 g/mol. The Morgan fingerprint density at radius 3 is 1.50 bits per heavy atom. The summed E-state index contributed by atoms with van der Waals surface area (Å²) < 4.78 is 45.0. The van der Waals surface area contributed by atoms with Crippen molar-refractivity contribution in [1.82, 2.24) is 49.1 Å². The molecule has 4 saturated heterocycles. The molecule has 0 radical (unpaired) electrons. The third-order valence-electron chi connectivity index (χ3n) is 27.6. The first-order valence-electron chi connectivity index (χ1n) is 45.7. The van der Waals surface area contributed by atoms with Gasteiger partial charge in [-0.05, 0) is 154 Å². The predicted molar refractivity (Wildman–Crippen MR) is 469 cm³/mol. The summed E-state index contributed by atoms with van der Waals surface area (Å²) in [5.74, 6) is 1.39. The number of anilines is 1. The highest BCUT2D eigenvalue weighted by molar-refractivity contribution is 6.35. The first-order valence-corrected chi connectivity index (χ1v) is 46.1. The highest BCUT2D eigenvalue weighted by Crippen LogP contribution is 2.60. The summed E-state index contributed by atoms with van der Waals surface area (Å²) in [6.45, 7) is 33.3. The van der Waals surface area contributed by atoms with Crippen LogP contribution in [0.4, 0.5) is 5.82 Å². The molecule has 6 aliphatic carbocycles. The van der Waals surface area contributed by atoms with Crippen molar-refractivity contribution in [2.24, 2.45) is 74.9 Å². The van der Waals surface area contributed by atoms with Gasteiger partial charge in [-0.3, -0.25) is 48.2 Å². The Kier molecular flexibility index (Phi) is 28.8. The Hall–Kier alpha value is -8.87. The van der Waals surface area contributed by atoms with E-state index in [1.807, 2.05) is 142 Å². The van der Waals surface area contributed by atoms with Gasteiger partial charge in [-0.25, -0.2) is 19.3 Å². The molecule has 16 rings (SSSR count). The maximum Gasteiger partial charge on any atom is 0.310 e. The molecule has 0 spiro atoms. The average Bonchev–Trinajstić information content (AvgIpc) is 1.60. The van der Waals surface area contributed by atoms with Crippen molar-refractivity contribution in [3.8, 4) is 28.9 Å². The fourth-order valence-corrected chi connectivity index (χ4v) is 20.2. The molecular formula is C95H130ClN11O18. The Morgan fingerprint density at radius 1 is 0.568 bits per heavy atom. The van der Waals surface area contributed by atoms with E-state index in [-0.39, 0.29) is 105 Å². The molecule has 6 saturated carbocycles. The van der Waals surface area contributed by atoms with Crippen LogP contribution in [0.25, 0.3) is 33.4 Å². The Morgan fingerprint density at radius 2 is 1.03 bits per heavy atom. The highest BCUT2D eigenvalue weighted by Gasteiger charge is 2.63. The number of morpholine rings is 2. The SMILES string of the molecule is CC(C)Cc1ccn(-c2cc(Cl)c3ccc(OCCN4CCOCC4)cc3n2)n1.CC[C@@H]1C[C@]1(CC(=O)[C@@H]1CC(O)CN1C(=O)[C@@H](CC(=O)OC1C[C@@H]2C[C@@H]2C1)C(C)(C)C)C(=O)O.CC[C@@H]1C[C@]1(CC(=O)[C@@H]1CC(Oc2cc(-n3ccc(NC(C)C)n3)nc3cc(OCCN4CCOCC4)ccc23)CN1C(=O)[C@@H](CC(=O)OC1C[C@@H]2C[C@@H]2C1)C(C)(C)C)C(=O)O. The van der Waals surface area contributed by atoms with E-state index in [0.717, 1.165) is 107 Å². The maximum atomic E-state index is 14.9. The van der Waals surface area contributed by atoms with E-state index in [1.165, 1.54) is 17.7 Å². The number of β-amino-alcohol motifs (C(OH)–C–C–N with tert-alkyl or cyclic N) is 1. The van der Waals surface area contributed by atoms with Gasteiger partial charge >= 0.3 is 23.9 Å². The van der Waals surface area contributed by atoms with Crippen molar-refractivity contribution in [2.75, 3.05) is 97.3 Å². The van der Waals surface area contributed by atoms with E-state index in [0.29, 0.717) is 127 Å². The number of rotatable bonds is 34. The van der Waals surface area contributed by atoms with E-state index in [2.05, 4.69) is 34.1 Å². The van der Waals surface area contributed by atoms with Gasteiger partial charge in [0, 0.05) is 131 Å². The van der Waals surface area contributed by atoms with Crippen LogP contribution < -0.4 is 19.5 Å². The molecule has 6 aromatic rings. The molecule has 4 aliphatic heterocycles. The number of carbonyl (C=O) groups excluding carboxylic acids is 6. The van der Waals surface area contributed by atoms with E-state index >= 15 is 0 Å². The van der Waals surface area contributed by atoms with E-state index in [9.17, 15) is 53.7 Å². The second kappa shape index (κ2) is 39.0. The van der Waals surface area contributed by atoms with E-state index in [1.54, 1.807) is 14.3 Å². The number of esters is 2. The van der Waals surface area contributed by atoms with Gasteiger partial charge in [-0.15, -0.1) is 5.10 Å². The number of aromatic nitrogens is 6. The van der Waals surface area contributed by atoms with E-state index in [4.69, 9.17) is 59.8 Å². The van der Waals surface area contributed by atoms with Crippen LogP contribution in [-0.4, -0.2) is 246 Å². The van der Waals surface area contributed by atoms with Crippen molar-refractivity contribution < 1.29 is 86.8 Å². The number of nitrogens with zero attached hydrogens (tertiary/aromatic N) is 10. The quantitative estimate of drug-likeness (QED) is 0.0273. The number of halogens is 1. The summed E-state index contributed by atoms with van der Waals surface area (Å²) in [7, 11) is 0. The number of benzene rings is 2. The molecule has 125 heavy (non-hydrogen) atoms. The van der Waals surface area contributed by atoms with Gasteiger partial charge in [0.1, 0.15) is 54.6 Å². The molecule has 10 aliphatic rings. The summed E-state index contributed by atoms with van der Waals surface area (Å²) in [5.41, 5.74) is -0.916. The van der Waals surface area contributed by atoms with Crippen LogP contribution in [0, 0.1) is 74.9 Å². The first kappa shape index (κ1) is 92.3. The van der Waals surface area contributed by atoms with Crippen molar-refractivity contribution in [1.29, 1.82) is 0 Å².